The van der Waals surface area contributed by atoms with Crippen LogP contribution in [0.4, 0.5) is 18.9 Å². The molecule has 0 amide bonds. The predicted molar refractivity (Wildman–Crippen MR) is 90.5 cm³/mol. The van der Waals surface area contributed by atoms with E-state index >= 15 is 0 Å². The summed E-state index contributed by atoms with van der Waals surface area (Å²) < 4.78 is 43.8. The van der Waals surface area contributed by atoms with Crippen molar-refractivity contribution in [2.24, 2.45) is 0 Å². The lowest BCUT2D eigenvalue weighted by atomic mass is 9.98. The van der Waals surface area contributed by atoms with E-state index < -0.39 is 11.7 Å². The Morgan fingerprint density at radius 1 is 1.08 bits per heavy atom. The molecular formula is C17H13F3N2OS. The second-order valence-corrected chi connectivity index (χ2v) is 5.64. The van der Waals surface area contributed by atoms with Crippen LogP contribution in [-0.2, 0) is 6.18 Å². The van der Waals surface area contributed by atoms with Gasteiger partial charge in [0.15, 0.2) is 0 Å². The highest BCUT2D eigenvalue weighted by molar-refractivity contribution is 7.71. The normalized spacial score (nSPS) is 11.7. The summed E-state index contributed by atoms with van der Waals surface area (Å²) in [4.78, 5) is 3.01. The van der Waals surface area contributed by atoms with Gasteiger partial charge >= 0.3 is 6.18 Å². The van der Waals surface area contributed by atoms with Crippen molar-refractivity contribution < 1.29 is 17.9 Å². The molecule has 1 aromatic heterocycles. The van der Waals surface area contributed by atoms with E-state index in [2.05, 4.69) is 4.98 Å². The number of ether oxygens (including phenoxy) is 1. The van der Waals surface area contributed by atoms with Crippen molar-refractivity contribution in [2.45, 2.75) is 6.18 Å². The molecule has 0 atom stereocenters. The average Bonchev–Trinajstić information content (AvgIpc) is 2.55. The van der Waals surface area contributed by atoms with Crippen molar-refractivity contribution in [3.05, 3.63) is 52.7 Å². The highest BCUT2D eigenvalue weighted by atomic mass is 32.1. The highest BCUT2D eigenvalue weighted by Gasteiger charge is 2.30. The summed E-state index contributed by atoms with van der Waals surface area (Å²) in [6, 6.07) is 10.2. The summed E-state index contributed by atoms with van der Waals surface area (Å²) in [7, 11) is 1.54. The Hall–Kier alpha value is -2.54. The lowest BCUT2D eigenvalue weighted by molar-refractivity contribution is -0.137. The first-order valence-electron chi connectivity index (χ1n) is 6.98. The Morgan fingerprint density at radius 3 is 2.33 bits per heavy atom. The molecule has 3 nitrogen and oxygen atoms in total. The number of aromatic amines is 1. The number of anilines is 1. The Labute approximate surface area is 140 Å². The first kappa shape index (κ1) is 16.3. The summed E-state index contributed by atoms with van der Waals surface area (Å²) in [5.41, 5.74) is 7.56. The third-order valence-corrected chi connectivity index (χ3v) is 4.08. The van der Waals surface area contributed by atoms with Crippen molar-refractivity contribution in [2.75, 3.05) is 12.8 Å². The molecule has 0 radical (unpaired) electrons. The molecule has 0 unspecified atom stereocenters. The minimum absolute atomic E-state index is 0.311. The van der Waals surface area contributed by atoms with Crippen LogP contribution in [0.15, 0.2) is 42.5 Å². The lowest BCUT2D eigenvalue weighted by Gasteiger charge is -2.13. The molecule has 0 aliphatic carbocycles. The number of nitrogen functional groups attached to an aromatic ring is 1. The molecule has 0 spiro atoms. The van der Waals surface area contributed by atoms with Gasteiger partial charge in [0.05, 0.1) is 18.4 Å². The molecule has 3 aromatic rings. The van der Waals surface area contributed by atoms with E-state index in [9.17, 15) is 13.2 Å². The zero-order valence-electron chi connectivity index (χ0n) is 12.6. The number of nitrogens with one attached hydrogen (secondary N) is 1. The molecule has 7 heteroatoms. The van der Waals surface area contributed by atoms with Gasteiger partial charge in [-0.25, -0.2) is 0 Å². The molecule has 124 valence electrons. The largest absolute Gasteiger partial charge is 0.497 e. The minimum atomic E-state index is -4.39. The van der Waals surface area contributed by atoms with Crippen LogP contribution in [0.25, 0.3) is 22.0 Å². The molecule has 0 bridgehead atoms. The zero-order chi connectivity index (χ0) is 17.5. The number of alkyl halides is 3. The number of halogens is 3. The zero-order valence-corrected chi connectivity index (χ0v) is 13.4. The number of benzene rings is 2. The van der Waals surface area contributed by atoms with Crippen LogP contribution in [0.2, 0.25) is 0 Å². The smallest absolute Gasteiger partial charge is 0.416 e. The van der Waals surface area contributed by atoms with E-state index in [1.165, 1.54) is 19.2 Å². The van der Waals surface area contributed by atoms with Gasteiger partial charge < -0.3 is 15.5 Å². The topological polar surface area (TPSA) is 51.0 Å². The van der Waals surface area contributed by atoms with Crippen LogP contribution in [0.5, 0.6) is 5.75 Å². The Morgan fingerprint density at radius 2 is 1.75 bits per heavy atom. The summed E-state index contributed by atoms with van der Waals surface area (Å²) in [5, 5.41) is 0.722. The van der Waals surface area contributed by atoms with Crippen molar-refractivity contribution in [3.8, 4) is 16.9 Å². The van der Waals surface area contributed by atoms with Gasteiger partial charge in [0.25, 0.3) is 0 Å². The number of methoxy groups -OCH3 is 1. The monoisotopic (exact) mass is 350 g/mol. The van der Waals surface area contributed by atoms with Crippen LogP contribution < -0.4 is 10.5 Å². The van der Waals surface area contributed by atoms with Gasteiger partial charge in [-0.05, 0) is 35.9 Å². The third kappa shape index (κ3) is 2.82. The van der Waals surface area contributed by atoms with Crippen LogP contribution >= 0.6 is 12.2 Å². The number of aromatic nitrogens is 1. The first-order chi connectivity index (χ1) is 11.3. The standard InChI is InChI=1S/C17H13F3N2OS/c1-23-11-6-7-13-12(8-11)14(15(21)16(24)22-13)9-2-4-10(5-3-9)17(18,19)20/h2-8H,21H2,1H3,(H,22,24). The Balaban J connectivity index is 2.28. The third-order valence-electron chi connectivity index (χ3n) is 3.76. The van der Waals surface area contributed by atoms with Crippen LogP contribution in [0, 0.1) is 4.64 Å². The first-order valence-corrected chi connectivity index (χ1v) is 7.39. The Bertz CT molecular complexity index is 962. The van der Waals surface area contributed by atoms with Gasteiger partial charge in [0, 0.05) is 16.5 Å². The fourth-order valence-electron chi connectivity index (χ4n) is 2.55. The fourth-order valence-corrected chi connectivity index (χ4v) is 2.76. The second-order valence-electron chi connectivity index (χ2n) is 5.23. The number of hydrogen-bond donors (Lipinski definition) is 2. The second kappa shape index (κ2) is 5.83. The number of pyridine rings is 1. The van der Waals surface area contributed by atoms with E-state index in [0.717, 1.165) is 23.0 Å². The highest BCUT2D eigenvalue weighted by Crippen LogP contribution is 2.37. The number of H-pyrrole nitrogens is 1. The predicted octanol–water partition coefficient (Wildman–Crippen LogP) is 5.17. The van der Waals surface area contributed by atoms with Crippen LogP contribution in [0.3, 0.4) is 0 Å². The number of fused-ring (bicyclic) bond motifs is 1. The number of rotatable bonds is 2. The van der Waals surface area contributed by atoms with Gasteiger partial charge in [0.1, 0.15) is 10.4 Å². The SMILES string of the molecule is COc1ccc2[nH]c(=S)c(N)c(-c3ccc(C(F)(F)F)cc3)c2c1. The maximum Gasteiger partial charge on any atom is 0.416 e. The quantitative estimate of drug-likeness (QED) is 0.627. The van der Waals surface area contributed by atoms with Crippen molar-refractivity contribution >= 4 is 28.8 Å². The molecule has 3 rings (SSSR count). The summed E-state index contributed by atoms with van der Waals surface area (Å²) in [5.74, 6) is 0.612. The number of hydrogen-bond acceptors (Lipinski definition) is 3. The summed E-state index contributed by atoms with van der Waals surface area (Å²) in [6.07, 6.45) is -4.39. The van der Waals surface area contributed by atoms with Gasteiger partial charge in [-0.15, -0.1) is 0 Å². The van der Waals surface area contributed by atoms with Gasteiger partial charge in [-0.2, -0.15) is 13.2 Å². The molecule has 2 aromatic carbocycles. The molecule has 3 N–H and O–H groups in total. The molecule has 0 saturated carbocycles. The van der Waals surface area contributed by atoms with E-state index in [0.29, 0.717) is 27.2 Å². The maximum absolute atomic E-state index is 12.8. The fraction of sp³-hybridized carbons (Fsp3) is 0.118. The van der Waals surface area contributed by atoms with E-state index in [4.69, 9.17) is 22.7 Å². The molecule has 1 heterocycles. The molecule has 0 fully saturated rings. The van der Waals surface area contributed by atoms with Crippen molar-refractivity contribution in [1.82, 2.24) is 4.98 Å². The lowest BCUT2D eigenvalue weighted by Crippen LogP contribution is -2.04. The molecule has 24 heavy (non-hydrogen) atoms. The van der Waals surface area contributed by atoms with Crippen molar-refractivity contribution in [1.29, 1.82) is 0 Å². The maximum atomic E-state index is 12.8. The van der Waals surface area contributed by atoms with Crippen molar-refractivity contribution in [3.63, 3.8) is 0 Å². The van der Waals surface area contributed by atoms with E-state index in [-0.39, 0.29) is 0 Å². The molecule has 0 aliphatic rings. The molecule has 0 saturated heterocycles. The summed E-state index contributed by atoms with van der Waals surface area (Å²) in [6.45, 7) is 0. The van der Waals surface area contributed by atoms with E-state index in [1.807, 2.05) is 0 Å². The van der Waals surface area contributed by atoms with Gasteiger partial charge in [-0.3, -0.25) is 0 Å². The minimum Gasteiger partial charge on any atom is -0.497 e. The van der Waals surface area contributed by atoms with E-state index in [1.54, 1.807) is 18.2 Å². The van der Waals surface area contributed by atoms with Gasteiger partial charge in [0.2, 0.25) is 0 Å². The molecule has 0 aliphatic heterocycles. The van der Waals surface area contributed by atoms with Gasteiger partial charge in [-0.1, -0.05) is 24.4 Å². The molecular weight excluding hydrogens is 337 g/mol. The van der Waals surface area contributed by atoms with Crippen LogP contribution in [0.1, 0.15) is 5.56 Å². The Kier molecular flexibility index (Phi) is 3.96. The summed E-state index contributed by atoms with van der Waals surface area (Å²) >= 11 is 5.22. The number of nitrogens with two attached hydrogens (primary N) is 1. The van der Waals surface area contributed by atoms with Crippen LogP contribution in [-0.4, -0.2) is 12.1 Å². The average molecular weight is 350 g/mol.